The van der Waals surface area contributed by atoms with Crippen molar-refractivity contribution in [3.8, 4) is 0 Å². The molecule has 5 nitrogen and oxygen atoms in total. The molecule has 178 valence electrons. The summed E-state index contributed by atoms with van der Waals surface area (Å²) in [5.74, 6) is -0.143. The van der Waals surface area contributed by atoms with Crippen molar-refractivity contribution in [2.75, 3.05) is 45.2 Å². The van der Waals surface area contributed by atoms with E-state index < -0.39 is 0 Å². The number of rotatable bonds is 5. The van der Waals surface area contributed by atoms with Crippen LogP contribution >= 0.6 is 11.8 Å². The van der Waals surface area contributed by atoms with Gasteiger partial charge >= 0.3 is 0 Å². The maximum Gasteiger partial charge on any atom is 0.286 e. The molecule has 3 aromatic carbocycles. The van der Waals surface area contributed by atoms with Crippen LogP contribution in [0.1, 0.15) is 22.7 Å². The van der Waals surface area contributed by atoms with Gasteiger partial charge in [0.25, 0.3) is 5.91 Å². The zero-order valence-electron chi connectivity index (χ0n) is 20.2. The number of aliphatic imine (C=N–C) groups is 1. The van der Waals surface area contributed by atoms with E-state index in [1.54, 1.807) is 0 Å². The topological polar surface area (TPSA) is 39.1 Å². The predicted octanol–water partition coefficient (Wildman–Crippen LogP) is 5.13. The Morgan fingerprint density at radius 2 is 1.40 bits per heavy atom. The minimum atomic E-state index is -0.143. The van der Waals surface area contributed by atoms with Crippen LogP contribution in [0.15, 0.2) is 94.8 Å². The molecule has 35 heavy (non-hydrogen) atoms. The summed E-state index contributed by atoms with van der Waals surface area (Å²) in [6, 6.07) is 29.8. The molecule has 0 N–H and O–H groups in total. The van der Waals surface area contributed by atoms with Gasteiger partial charge in [0.2, 0.25) is 0 Å². The fourth-order valence-electron chi connectivity index (χ4n) is 4.61. The number of carbonyl (C=O) groups is 1. The number of hydrogen-bond acceptors (Lipinski definition) is 5. The molecule has 2 heterocycles. The number of piperazine rings is 1. The molecule has 6 heteroatoms. The van der Waals surface area contributed by atoms with Gasteiger partial charge in [-0.15, -0.1) is 0 Å². The van der Waals surface area contributed by atoms with Crippen LogP contribution in [0, 0.1) is 0 Å². The van der Waals surface area contributed by atoms with Crippen LogP contribution in [0.2, 0.25) is 0 Å². The molecule has 0 bridgehead atoms. The van der Waals surface area contributed by atoms with Gasteiger partial charge in [0.15, 0.2) is 5.17 Å². The highest BCUT2D eigenvalue weighted by atomic mass is 32.2. The Bertz CT molecular complexity index is 1180. The van der Waals surface area contributed by atoms with Crippen LogP contribution in [0.3, 0.4) is 0 Å². The molecule has 0 radical (unpaired) electrons. The maximum absolute atomic E-state index is 12.6. The molecule has 2 aliphatic rings. The Labute approximate surface area is 211 Å². The molecule has 3 aromatic rings. The summed E-state index contributed by atoms with van der Waals surface area (Å²) in [7, 11) is 4.04. The number of amidine groups is 1. The first-order chi connectivity index (χ1) is 17.1. The van der Waals surface area contributed by atoms with Crippen LogP contribution in [-0.4, -0.2) is 61.1 Å². The molecule has 2 aliphatic heterocycles. The lowest BCUT2D eigenvalue weighted by molar-refractivity contribution is -0.113. The molecule has 1 fully saturated rings. The number of carbonyl (C=O) groups excluding carboxylic acids is 1. The normalized spacial score (nSPS) is 17.8. The van der Waals surface area contributed by atoms with Gasteiger partial charge in [0.05, 0.1) is 10.9 Å². The Morgan fingerprint density at radius 3 is 1.94 bits per heavy atom. The molecule has 5 rings (SSSR count). The predicted molar refractivity (Wildman–Crippen MR) is 147 cm³/mol. The summed E-state index contributed by atoms with van der Waals surface area (Å²) >= 11 is 1.49. The first-order valence-corrected chi connectivity index (χ1v) is 12.8. The molecule has 0 unspecified atom stereocenters. The van der Waals surface area contributed by atoms with Crippen molar-refractivity contribution >= 4 is 34.6 Å². The zero-order valence-corrected chi connectivity index (χ0v) is 21.0. The summed E-state index contributed by atoms with van der Waals surface area (Å²) in [6.45, 7) is 3.51. The second-order valence-corrected chi connectivity index (χ2v) is 10.1. The average Bonchev–Trinajstić information content (AvgIpc) is 3.26. The molecule has 0 atom stereocenters. The van der Waals surface area contributed by atoms with Gasteiger partial charge in [-0.05, 0) is 46.7 Å². The summed E-state index contributed by atoms with van der Waals surface area (Å²) in [5.41, 5.74) is 4.76. The third-order valence-corrected chi connectivity index (χ3v) is 7.54. The number of thioether (sulfide) groups is 1. The fraction of sp³-hybridized carbons (Fsp3) is 0.241. The standard InChI is InChI=1S/C29H30N4OS/c1-31(2)25-15-13-22(14-16-25)21-26-28(34)30-29(35-26)33-19-17-32(18-20-33)27(23-9-5-3-6-10-23)24-11-7-4-8-12-24/h3-16,21,27H,17-20H2,1-2H3. The number of hydrogen-bond donors (Lipinski definition) is 0. The van der Waals surface area contributed by atoms with Crippen LogP contribution in [0.25, 0.3) is 6.08 Å². The van der Waals surface area contributed by atoms with Crippen LogP contribution in [0.4, 0.5) is 5.69 Å². The van der Waals surface area contributed by atoms with Crippen molar-refractivity contribution in [1.82, 2.24) is 9.80 Å². The highest BCUT2D eigenvalue weighted by Gasteiger charge is 2.31. The average molecular weight is 483 g/mol. The fourth-order valence-corrected chi connectivity index (χ4v) is 5.57. The molecule has 0 aromatic heterocycles. The van der Waals surface area contributed by atoms with E-state index in [4.69, 9.17) is 0 Å². The molecular formula is C29H30N4OS. The van der Waals surface area contributed by atoms with Gasteiger partial charge in [-0.25, -0.2) is 0 Å². The van der Waals surface area contributed by atoms with E-state index in [2.05, 4.69) is 92.5 Å². The van der Waals surface area contributed by atoms with E-state index in [-0.39, 0.29) is 11.9 Å². The second kappa shape index (κ2) is 10.5. The van der Waals surface area contributed by atoms with Crippen molar-refractivity contribution in [2.24, 2.45) is 4.99 Å². The third-order valence-electron chi connectivity index (χ3n) is 6.50. The van der Waals surface area contributed by atoms with Crippen molar-refractivity contribution < 1.29 is 4.79 Å². The van der Waals surface area contributed by atoms with Crippen LogP contribution < -0.4 is 4.90 Å². The van der Waals surface area contributed by atoms with Gasteiger partial charge in [0.1, 0.15) is 0 Å². The van der Waals surface area contributed by atoms with Gasteiger partial charge in [-0.1, -0.05) is 72.8 Å². The number of benzene rings is 3. The maximum atomic E-state index is 12.6. The van der Waals surface area contributed by atoms with Crippen LogP contribution in [-0.2, 0) is 4.79 Å². The number of amides is 1. The molecule has 0 saturated carbocycles. The Kier molecular flexibility index (Phi) is 7.02. The van der Waals surface area contributed by atoms with E-state index in [0.717, 1.165) is 42.6 Å². The lowest BCUT2D eigenvalue weighted by atomic mass is 9.96. The van der Waals surface area contributed by atoms with Crippen molar-refractivity contribution in [3.63, 3.8) is 0 Å². The minimum absolute atomic E-state index is 0.143. The summed E-state index contributed by atoms with van der Waals surface area (Å²) in [6.07, 6.45) is 1.94. The summed E-state index contributed by atoms with van der Waals surface area (Å²) in [4.78, 5) is 24.6. The lowest BCUT2D eigenvalue weighted by Crippen LogP contribution is -2.49. The van der Waals surface area contributed by atoms with Gasteiger partial charge in [-0.3, -0.25) is 9.69 Å². The van der Waals surface area contributed by atoms with E-state index in [0.29, 0.717) is 4.91 Å². The lowest BCUT2D eigenvalue weighted by Gasteiger charge is -2.40. The quantitative estimate of drug-likeness (QED) is 0.472. The van der Waals surface area contributed by atoms with E-state index in [1.165, 1.54) is 22.9 Å². The SMILES string of the molecule is CN(C)c1ccc(C=C2SC(N3CCN(C(c4ccccc4)c4ccccc4)CC3)=NC2=O)cc1. The third kappa shape index (κ3) is 5.34. The Morgan fingerprint density at radius 1 is 0.829 bits per heavy atom. The summed E-state index contributed by atoms with van der Waals surface area (Å²) in [5, 5.41) is 0.821. The Hall–Kier alpha value is -3.35. The van der Waals surface area contributed by atoms with Gasteiger partial charge < -0.3 is 9.80 Å². The zero-order chi connectivity index (χ0) is 24.2. The molecule has 1 amide bonds. The monoisotopic (exact) mass is 482 g/mol. The van der Waals surface area contributed by atoms with Crippen molar-refractivity contribution in [3.05, 3.63) is 107 Å². The van der Waals surface area contributed by atoms with Crippen molar-refractivity contribution in [1.29, 1.82) is 0 Å². The van der Waals surface area contributed by atoms with E-state index >= 15 is 0 Å². The second-order valence-electron chi connectivity index (χ2n) is 9.04. The first kappa shape index (κ1) is 23.4. The molecule has 1 saturated heterocycles. The molecule has 0 spiro atoms. The molecular weight excluding hydrogens is 452 g/mol. The van der Waals surface area contributed by atoms with Crippen molar-refractivity contribution in [2.45, 2.75) is 6.04 Å². The number of anilines is 1. The van der Waals surface area contributed by atoms with Gasteiger partial charge in [-0.2, -0.15) is 4.99 Å². The Balaban J connectivity index is 1.26. The summed E-state index contributed by atoms with van der Waals surface area (Å²) < 4.78 is 0. The van der Waals surface area contributed by atoms with Crippen LogP contribution in [0.5, 0.6) is 0 Å². The minimum Gasteiger partial charge on any atom is -0.378 e. The largest absolute Gasteiger partial charge is 0.378 e. The molecule has 0 aliphatic carbocycles. The number of nitrogens with zero attached hydrogens (tertiary/aromatic N) is 4. The first-order valence-electron chi connectivity index (χ1n) is 12.0. The highest BCUT2D eigenvalue weighted by molar-refractivity contribution is 8.18. The smallest absolute Gasteiger partial charge is 0.286 e. The van der Waals surface area contributed by atoms with E-state index in [1.807, 2.05) is 32.3 Å². The highest BCUT2D eigenvalue weighted by Crippen LogP contribution is 2.33. The van der Waals surface area contributed by atoms with E-state index in [9.17, 15) is 4.79 Å². The van der Waals surface area contributed by atoms with Gasteiger partial charge in [0, 0.05) is 46.0 Å².